The van der Waals surface area contributed by atoms with Crippen LogP contribution >= 0.6 is 0 Å². The Kier molecular flexibility index (Phi) is 4.15. The van der Waals surface area contributed by atoms with E-state index in [2.05, 4.69) is 0 Å². The number of carboxylic acids is 1. The quantitative estimate of drug-likeness (QED) is 0.922. The van der Waals surface area contributed by atoms with Gasteiger partial charge in [0.2, 0.25) is 10.0 Å². The first kappa shape index (κ1) is 15.0. The first-order valence-electron chi connectivity index (χ1n) is 6.72. The molecule has 0 spiro atoms. The van der Waals surface area contributed by atoms with Crippen molar-refractivity contribution in [2.24, 2.45) is 5.92 Å². The predicted octanol–water partition coefficient (Wildman–Crippen LogP) is 1.98. The maximum Gasteiger partial charge on any atom is 0.335 e. The van der Waals surface area contributed by atoms with Gasteiger partial charge in [-0.2, -0.15) is 4.31 Å². The van der Waals surface area contributed by atoms with Crippen molar-refractivity contribution in [1.29, 1.82) is 0 Å². The average Bonchev–Trinajstić information content (AvgIpc) is 2.85. The van der Waals surface area contributed by atoms with Crippen LogP contribution in [0.2, 0.25) is 0 Å². The summed E-state index contributed by atoms with van der Waals surface area (Å²) >= 11 is 0. The number of carboxylic acid groups (broad SMARTS) is 1. The summed E-state index contributed by atoms with van der Waals surface area (Å²) in [4.78, 5) is 11.2. The van der Waals surface area contributed by atoms with Gasteiger partial charge in [-0.3, -0.25) is 0 Å². The lowest BCUT2D eigenvalue weighted by Crippen LogP contribution is -2.29. The molecule has 20 heavy (non-hydrogen) atoms. The fourth-order valence-electron chi connectivity index (χ4n) is 2.47. The third-order valence-corrected chi connectivity index (χ3v) is 5.65. The van der Waals surface area contributed by atoms with Crippen LogP contribution in [0.25, 0.3) is 0 Å². The van der Waals surface area contributed by atoms with Gasteiger partial charge >= 0.3 is 5.97 Å². The summed E-state index contributed by atoms with van der Waals surface area (Å²) in [6, 6.07) is 4.32. The van der Waals surface area contributed by atoms with Gasteiger partial charge < -0.3 is 5.11 Å². The highest BCUT2D eigenvalue weighted by Crippen LogP contribution is 2.27. The second-order valence-electron chi connectivity index (χ2n) is 5.24. The molecule has 1 heterocycles. The van der Waals surface area contributed by atoms with Crippen molar-refractivity contribution in [3.05, 3.63) is 29.3 Å². The zero-order valence-corrected chi connectivity index (χ0v) is 12.5. The maximum absolute atomic E-state index is 12.7. The van der Waals surface area contributed by atoms with Crippen LogP contribution in [0.15, 0.2) is 23.1 Å². The van der Waals surface area contributed by atoms with Crippen LogP contribution in [-0.2, 0) is 16.4 Å². The van der Waals surface area contributed by atoms with Gasteiger partial charge in [0.15, 0.2) is 0 Å². The lowest BCUT2D eigenvalue weighted by molar-refractivity contribution is 0.0696. The van der Waals surface area contributed by atoms with Gasteiger partial charge in [-0.15, -0.1) is 0 Å². The summed E-state index contributed by atoms with van der Waals surface area (Å²) in [5.41, 5.74) is 0.669. The predicted molar refractivity (Wildman–Crippen MR) is 75.3 cm³/mol. The fourth-order valence-corrected chi connectivity index (χ4v) is 4.37. The van der Waals surface area contributed by atoms with Crippen LogP contribution in [0, 0.1) is 5.92 Å². The average molecular weight is 297 g/mol. The lowest BCUT2D eigenvalue weighted by atomic mass is 10.1. The molecule has 0 amide bonds. The Morgan fingerprint density at radius 3 is 2.65 bits per heavy atom. The Bertz CT molecular complexity index is 624. The fraction of sp³-hybridized carbons (Fsp3) is 0.500. The molecule has 1 unspecified atom stereocenters. The molecule has 1 aliphatic heterocycles. The van der Waals surface area contributed by atoms with Gasteiger partial charge in [0.05, 0.1) is 10.5 Å². The third kappa shape index (κ3) is 2.71. The molecule has 1 fully saturated rings. The summed E-state index contributed by atoms with van der Waals surface area (Å²) in [6.45, 7) is 4.89. The molecule has 110 valence electrons. The summed E-state index contributed by atoms with van der Waals surface area (Å²) in [5, 5.41) is 9.04. The van der Waals surface area contributed by atoms with Crippen molar-refractivity contribution in [2.45, 2.75) is 31.6 Å². The molecule has 0 aliphatic carbocycles. The van der Waals surface area contributed by atoms with Crippen LogP contribution in [0.4, 0.5) is 0 Å². The number of hydrogen-bond acceptors (Lipinski definition) is 3. The number of carbonyl (C=O) groups is 1. The number of benzene rings is 1. The molecule has 1 aromatic rings. The summed E-state index contributed by atoms with van der Waals surface area (Å²) < 4.78 is 26.8. The van der Waals surface area contributed by atoms with Crippen molar-refractivity contribution in [1.82, 2.24) is 4.31 Å². The van der Waals surface area contributed by atoms with E-state index in [1.165, 1.54) is 16.4 Å². The van der Waals surface area contributed by atoms with Gasteiger partial charge in [-0.1, -0.05) is 19.9 Å². The normalized spacial score (nSPS) is 20.2. The minimum atomic E-state index is -3.60. The monoisotopic (exact) mass is 297 g/mol. The SMILES string of the molecule is CCc1ccc(C(=O)O)cc1S(=O)(=O)N1CCC(C)C1. The standard InChI is InChI=1S/C14H19NO4S/c1-3-11-4-5-12(14(16)17)8-13(11)20(18,19)15-7-6-10(2)9-15/h4-5,8,10H,3,6-7,9H2,1-2H3,(H,16,17). The third-order valence-electron chi connectivity index (χ3n) is 3.70. The summed E-state index contributed by atoms with van der Waals surface area (Å²) in [5.74, 6) is -0.767. The Labute approximate surface area is 119 Å². The number of nitrogens with zero attached hydrogens (tertiary/aromatic N) is 1. The van der Waals surface area contributed by atoms with Crippen molar-refractivity contribution in [3.63, 3.8) is 0 Å². The van der Waals surface area contributed by atoms with Crippen LogP contribution in [0.3, 0.4) is 0 Å². The molecule has 5 nitrogen and oxygen atoms in total. The van der Waals surface area contributed by atoms with Crippen molar-refractivity contribution < 1.29 is 18.3 Å². The van der Waals surface area contributed by atoms with E-state index in [-0.39, 0.29) is 10.5 Å². The molecular weight excluding hydrogens is 278 g/mol. The number of sulfonamides is 1. The van der Waals surface area contributed by atoms with E-state index in [1.54, 1.807) is 6.07 Å². The Hall–Kier alpha value is -1.40. The molecule has 0 aromatic heterocycles. The van der Waals surface area contributed by atoms with Gasteiger partial charge in [0.1, 0.15) is 0 Å². The van der Waals surface area contributed by atoms with E-state index in [4.69, 9.17) is 5.11 Å². The number of rotatable bonds is 4. The van der Waals surface area contributed by atoms with E-state index >= 15 is 0 Å². The topological polar surface area (TPSA) is 74.7 Å². The molecule has 2 rings (SSSR count). The number of aromatic carboxylic acids is 1. The largest absolute Gasteiger partial charge is 0.478 e. The summed E-state index contributed by atoms with van der Waals surface area (Å²) in [7, 11) is -3.60. The van der Waals surface area contributed by atoms with E-state index in [0.29, 0.717) is 31.0 Å². The first-order valence-corrected chi connectivity index (χ1v) is 8.16. The molecule has 1 atom stereocenters. The molecular formula is C14H19NO4S. The number of hydrogen-bond donors (Lipinski definition) is 1. The van der Waals surface area contributed by atoms with Crippen LogP contribution < -0.4 is 0 Å². The zero-order valence-electron chi connectivity index (χ0n) is 11.7. The van der Waals surface area contributed by atoms with E-state index < -0.39 is 16.0 Å². The minimum Gasteiger partial charge on any atom is -0.478 e. The molecule has 0 saturated carbocycles. The molecule has 0 radical (unpaired) electrons. The molecule has 6 heteroatoms. The Morgan fingerprint density at radius 1 is 1.45 bits per heavy atom. The van der Waals surface area contributed by atoms with Gasteiger partial charge in [0, 0.05) is 13.1 Å². The van der Waals surface area contributed by atoms with Crippen molar-refractivity contribution in [3.8, 4) is 0 Å². The summed E-state index contributed by atoms with van der Waals surface area (Å²) in [6.07, 6.45) is 1.40. The molecule has 1 N–H and O–H groups in total. The Balaban J connectivity index is 2.49. The second kappa shape index (κ2) is 5.54. The van der Waals surface area contributed by atoms with Crippen LogP contribution in [0.5, 0.6) is 0 Å². The molecule has 1 aliphatic rings. The molecule has 1 aromatic carbocycles. The van der Waals surface area contributed by atoms with E-state index in [0.717, 1.165) is 6.42 Å². The van der Waals surface area contributed by atoms with Gasteiger partial charge in [-0.05, 0) is 36.5 Å². The highest BCUT2D eigenvalue weighted by molar-refractivity contribution is 7.89. The van der Waals surface area contributed by atoms with Crippen molar-refractivity contribution in [2.75, 3.05) is 13.1 Å². The molecule has 1 saturated heterocycles. The minimum absolute atomic E-state index is 0.00743. The van der Waals surface area contributed by atoms with E-state index in [9.17, 15) is 13.2 Å². The number of aryl methyl sites for hydroxylation is 1. The van der Waals surface area contributed by atoms with Crippen molar-refractivity contribution >= 4 is 16.0 Å². The van der Waals surface area contributed by atoms with Gasteiger partial charge in [-0.25, -0.2) is 13.2 Å². The van der Waals surface area contributed by atoms with Crippen LogP contribution in [0.1, 0.15) is 36.2 Å². The maximum atomic E-state index is 12.7. The Morgan fingerprint density at radius 2 is 2.15 bits per heavy atom. The van der Waals surface area contributed by atoms with E-state index in [1.807, 2.05) is 13.8 Å². The first-order chi connectivity index (χ1) is 9.36. The highest BCUT2D eigenvalue weighted by atomic mass is 32.2. The van der Waals surface area contributed by atoms with Gasteiger partial charge in [0.25, 0.3) is 0 Å². The molecule has 0 bridgehead atoms. The smallest absolute Gasteiger partial charge is 0.335 e. The lowest BCUT2D eigenvalue weighted by Gasteiger charge is -2.18. The second-order valence-corrected chi connectivity index (χ2v) is 7.14. The van der Waals surface area contributed by atoms with Crippen LogP contribution in [-0.4, -0.2) is 36.9 Å². The zero-order chi connectivity index (χ0) is 14.9. The highest BCUT2D eigenvalue weighted by Gasteiger charge is 2.32.